The van der Waals surface area contributed by atoms with E-state index in [1.807, 2.05) is 0 Å². The van der Waals surface area contributed by atoms with E-state index in [4.69, 9.17) is 11.6 Å². The maximum absolute atomic E-state index is 13.6. The van der Waals surface area contributed by atoms with Crippen LogP contribution < -0.4 is 5.32 Å². The molecule has 1 fully saturated rings. The number of benzene rings is 1. The average Bonchev–Trinajstić information content (AvgIpc) is 2.71. The third kappa shape index (κ3) is 2.24. The van der Waals surface area contributed by atoms with Gasteiger partial charge in [0.2, 0.25) is 0 Å². The quantitative estimate of drug-likeness (QED) is 0.816. The number of hydrogen-bond acceptors (Lipinski definition) is 2. The number of aromatic hydroxyl groups is 1. The summed E-state index contributed by atoms with van der Waals surface area (Å²) in [6, 6.07) is 2.83. The Morgan fingerprint density at radius 2 is 2.33 bits per heavy atom. The third-order valence-corrected chi connectivity index (χ3v) is 3.17. The van der Waals surface area contributed by atoms with Crippen LogP contribution in [0.4, 0.5) is 4.39 Å². The molecule has 0 spiro atoms. The van der Waals surface area contributed by atoms with Crippen LogP contribution in [0.1, 0.15) is 12.0 Å². The van der Waals surface area contributed by atoms with Crippen molar-refractivity contribution in [3.63, 3.8) is 0 Å². The number of phenolic OH excluding ortho intramolecular Hbond substituents is 1. The highest BCUT2D eigenvalue weighted by Crippen LogP contribution is 2.29. The van der Waals surface area contributed by atoms with Gasteiger partial charge in [-0.1, -0.05) is 11.6 Å². The molecule has 82 valence electrons. The monoisotopic (exact) mass is 229 g/mol. The van der Waals surface area contributed by atoms with Gasteiger partial charge in [-0.05, 0) is 44.0 Å². The van der Waals surface area contributed by atoms with Crippen molar-refractivity contribution < 1.29 is 9.50 Å². The Morgan fingerprint density at radius 1 is 1.53 bits per heavy atom. The first-order valence-corrected chi connectivity index (χ1v) is 5.43. The second-order valence-corrected chi connectivity index (χ2v) is 4.33. The Labute approximate surface area is 93.1 Å². The van der Waals surface area contributed by atoms with E-state index in [0.29, 0.717) is 22.9 Å². The largest absolute Gasteiger partial charge is 0.505 e. The fourth-order valence-corrected chi connectivity index (χ4v) is 2.17. The smallest absolute Gasteiger partial charge is 0.169 e. The van der Waals surface area contributed by atoms with Crippen molar-refractivity contribution in [2.24, 2.45) is 5.92 Å². The number of hydrogen-bond donors (Lipinski definition) is 2. The molecule has 15 heavy (non-hydrogen) atoms. The molecule has 0 radical (unpaired) electrons. The molecular formula is C11H13ClFNO. The highest BCUT2D eigenvalue weighted by Gasteiger charge is 2.20. The summed E-state index contributed by atoms with van der Waals surface area (Å²) in [7, 11) is 0. The lowest BCUT2D eigenvalue weighted by Crippen LogP contribution is -2.11. The molecule has 1 heterocycles. The summed E-state index contributed by atoms with van der Waals surface area (Å²) >= 11 is 5.91. The van der Waals surface area contributed by atoms with Crippen molar-refractivity contribution in [1.29, 1.82) is 0 Å². The van der Waals surface area contributed by atoms with Crippen LogP contribution in [-0.4, -0.2) is 18.2 Å². The molecule has 1 aliphatic heterocycles. The molecule has 1 aromatic carbocycles. The minimum Gasteiger partial charge on any atom is -0.505 e. The summed E-state index contributed by atoms with van der Waals surface area (Å²) in [5.74, 6) is -0.478. The topological polar surface area (TPSA) is 32.3 Å². The first-order chi connectivity index (χ1) is 7.18. The Balaban J connectivity index is 2.22. The minimum atomic E-state index is -0.575. The van der Waals surface area contributed by atoms with Crippen LogP contribution in [0.3, 0.4) is 0 Å². The predicted molar refractivity (Wildman–Crippen MR) is 57.8 cm³/mol. The highest BCUT2D eigenvalue weighted by atomic mass is 35.5. The van der Waals surface area contributed by atoms with E-state index in [0.717, 1.165) is 19.5 Å². The molecule has 2 N–H and O–H groups in total. The van der Waals surface area contributed by atoms with Crippen LogP contribution in [0.15, 0.2) is 12.1 Å². The van der Waals surface area contributed by atoms with Crippen molar-refractivity contribution in [1.82, 2.24) is 5.32 Å². The van der Waals surface area contributed by atoms with Gasteiger partial charge in [0.25, 0.3) is 0 Å². The van der Waals surface area contributed by atoms with E-state index < -0.39 is 5.82 Å². The average molecular weight is 230 g/mol. The SMILES string of the molecule is Oc1ccc(Cl)c(CC2CCNC2)c1F. The first-order valence-electron chi connectivity index (χ1n) is 5.05. The lowest BCUT2D eigenvalue weighted by molar-refractivity contribution is 0.424. The van der Waals surface area contributed by atoms with E-state index in [2.05, 4.69) is 5.32 Å². The molecule has 0 saturated carbocycles. The first kappa shape index (κ1) is 10.7. The lowest BCUT2D eigenvalue weighted by Gasteiger charge is -2.11. The molecular weight excluding hydrogens is 217 g/mol. The van der Waals surface area contributed by atoms with E-state index in [1.54, 1.807) is 0 Å². The van der Waals surface area contributed by atoms with E-state index >= 15 is 0 Å². The van der Waals surface area contributed by atoms with Crippen LogP contribution in [0.2, 0.25) is 5.02 Å². The van der Waals surface area contributed by atoms with Crippen molar-refractivity contribution in [2.45, 2.75) is 12.8 Å². The van der Waals surface area contributed by atoms with Gasteiger partial charge < -0.3 is 10.4 Å². The van der Waals surface area contributed by atoms with Gasteiger partial charge in [-0.3, -0.25) is 0 Å². The standard InChI is InChI=1S/C11H13ClFNO/c12-9-1-2-10(15)11(13)8(9)5-7-3-4-14-6-7/h1-2,7,14-15H,3-6H2. The fraction of sp³-hybridized carbons (Fsp3) is 0.455. The molecule has 1 atom stereocenters. The van der Waals surface area contributed by atoms with Crippen LogP contribution in [-0.2, 0) is 6.42 Å². The molecule has 2 nitrogen and oxygen atoms in total. The maximum Gasteiger partial charge on any atom is 0.169 e. The lowest BCUT2D eigenvalue weighted by atomic mass is 9.98. The number of phenols is 1. The normalized spacial score (nSPS) is 20.8. The van der Waals surface area contributed by atoms with Crippen molar-refractivity contribution >= 4 is 11.6 Å². The van der Waals surface area contributed by atoms with Crippen molar-refractivity contribution in [3.05, 3.63) is 28.5 Å². The van der Waals surface area contributed by atoms with Crippen LogP contribution in [0, 0.1) is 11.7 Å². The van der Waals surface area contributed by atoms with Gasteiger partial charge in [0.1, 0.15) is 0 Å². The summed E-state index contributed by atoms with van der Waals surface area (Å²) in [5.41, 5.74) is 0.436. The molecule has 2 rings (SSSR count). The van der Waals surface area contributed by atoms with Gasteiger partial charge in [-0.2, -0.15) is 0 Å². The third-order valence-electron chi connectivity index (χ3n) is 2.82. The summed E-state index contributed by atoms with van der Waals surface area (Å²) in [5, 5.41) is 12.9. The van der Waals surface area contributed by atoms with Crippen molar-refractivity contribution in [2.75, 3.05) is 13.1 Å². The summed E-state index contributed by atoms with van der Waals surface area (Å²) < 4.78 is 13.6. The second-order valence-electron chi connectivity index (χ2n) is 3.92. The van der Waals surface area contributed by atoms with Crippen LogP contribution in [0.25, 0.3) is 0 Å². The summed E-state index contributed by atoms with van der Waals surface area (Å²) in [4.78, 5) is 0. The molecule has 1 saturated heterocycles. The molecule has 4 heteroatoms. The van der Waals surface area contributed by atoms with Gasteiger partial charge in [-0.25, -0.2) is 4.39 Å². The molecule has 1 aromatic rings. The highest BCUT2D eigenvalue weighted by molar-refractivity contribution is 6.31. The fourth-order valence-electron chi connectivity index (χ4n) is 1.95. The maximum atomic E-state index is 13.6. The van der Waals surface area contributed by atoms with Gasteiger partial charge in [0, 0.05) is 10.6 Å². The number of rotatable bonds is 2. The van der Waals surface area contributed by atoms with Crippen molar-refractivity contribution in [3.8, 4) is 5.75 Å². The van der Waals surface area contributed by atoms with E-state index in [-0.39, 0.29) is 5.75 Å². The Kier molecular flexibility index (Phi) is 3.12. The van der Waals surface area contributed by atoms with Gasteiger partial charge >= 0.3 is 0 Å². The van der Waals surface area contributed by atoms with Gasteiger partial charge in [0.15, 0.2) is 11.6 Å². The predicted octanol–water partition coefficient (Wildman–Crippen LogP) is 2.34. The molecule has 0 bridgehead atoms. The molecule has 0 aromatic heterocycles. The van der Waals surface area contributed by atoms with Gasteiger partial charge in [0.05, 0.1) is 0 Å². The number of halogens is 2. The van der Waals surface area contributed by atoms with E-state index in [9.17, 15) is 9.50 Å². The number of nitrogens with one attached hydrogen (secondary N) is 1. The Bertz CT molecular complexity index is 364. The zero-order valence-electron chi connectivity index (χ0n) is 8.26. The second kappa shape index (κ2) is 4.37. The van der Waals surface area contributed by atoms with Gasteiger partial charge in [-0.15, -0.1) is 0 Å². The molecule has 0 amide bonds. The molecule has 1 aliphatic rings. The van der Waals surface area contributed by atoms with Crippen LogP contribution in [0.5, 0.6) is 5.75 Å². The zero-order valence-corrected chi connectivity index (χ0v) is 9.02. The Morgan fingerprint density at radius 3 is 3.00 bits per heavy atom. The van der Waals surface area contributed by atoms with E-state index in [1.165, 1.54) is 12.1 Å². The minimum absolute atomic E-state index is 0.319. The Hall–Kier alpha value is -0.800. The zero-order chi connectivity index (χ0) is 10.8. The molecule has 1 unspecified atom stereocenters. The summed E-state index contributed by atoms with van der Waals surface area (Å²) in [6.45, 7) is 1.87. The molecule has 0 aliphatic carbocycles. The summed E-state index contributed by atoms with van der Waals surface area (Å²) in [6.07, 6.45) is 1.62. The van der Waals surface area contributed by atoms with Crippen LogP contribution >= 0.6 is 11.6 Å².